The molecule has 0 radical (unpaired) electrons. The number of amides is 3. The zero-order chi connectivity index (χ0) is 29.8. The minimum absolute atomic E-state index is 0.0610. The number of hydrogen-bond donors (Lipinski definition) is 4. The van der Waals surface area contributed by atoms with Gasteiger partial charge >= 0.3 is 0 Å². The number of hydrogen-bond acceptors (Lipinski definition) is 8. The molecule has 2 atom stereocenters. The van der Waals surface area contributed by atoms with Crippen LogP contribution in [-0.2, 0) is 13.0 Å². The Kier molecular flexibility index (Phi) is 12.3. The fraction of sp³-hybridized carbons (Fsp3) is 0.400. The fourth-order valence-corrected chi connectivity index (χ4v) is 5.10. The highest BCUT2D eigenvalue weighted by Crippen LogP contribution is 2.16. The van der Waals surface area contributed by atoms with E-state index >= 15 is 0 Å². The summed E-state index contributed by atoms with van der Waals surface area (Å²) in [6.45, 7) is 5.76. The van der Waals surface area contributed by atoms with E-state index in [0.717, 1.165) is 29.2 Å². The molecule has 0 fully saturated rings. The molecule has 220 valence electrons. The number of rotatable bonds is 16. The van der Waals surface area contributed by atoms with Gasteiger partial charge in [-0.05, 0) is 48.7 Å². The van der Waals surface area contributed by atoms with Crippen molar-refractivity contribution in [3.05, 3.63) is 81.3 Å². The molecule has 0 aliphatic rings. The molecule has 1 heterocycles. The molecular weight excluding hydrogens is 542 g/mol. The maximum absolute atomic E-state index is 13.5. The Morgan fingerprint density at radius 3 is 2.41 bits per heavy atom. The number of benzene rings is 2. The summed E-state index contributed by atoms with van der Waals surface area (Å²) in [5, 5.41) is 19.8. The van der Waals surface area contributed by atoms with Crippen LogP contribution in [0.3, 0.4) is 0 Å². The number of carbonyl (C=O) groups excluding carboxylic acids is 3. The van der Waals surface area contributed by atoms with E-state index in [-0.39, 0.29) is 29.1 Å². The van der Waals surface area contributed by atoms with Gasteiger partial charge in [-0.25, -0.2) is 4.98 Å². The average molecular weight is 582 g/mol. The lowest BCUT2D eigenvalue weighted by atomic mass is 10.0. The van der Waals surface area contributed by atoms with Gasteiger partial charge in [-0.2, -0.15) is 0 Å². The highest BCUT2D eigenvalue weighted by Gasteiger charge is 2.25. The monoisotopic (exact) mass is 581 g/mol. The number of aliphatic hydroxyl groups excluding tert-OH is 1. The van der Waals surface area contributed by atoms with Crippen molar-refractivity contribution in [3.63, 3.8) is 0 Å². The second kappa shape index (κ2) is 15.8. The van der Waals surface area contributed by atoms with E-state index in [9.17, 15) is 19.5 Å². The standard InChI is InChI=1S/C30H39N5O5S/c1-4-10-35(11-5-2)30(39)23-15-21(28(31)37)14-22(16-23)29(38)34-25(17-27-33-9-12-41-27)26(36)19-32-18-20-7-6-8-24(13-20)40-3/h6-9,12-16,25-26,32,36H,4-5,10-11,17-19H2,1-3H3,(H2,31,37)(H,34,38)/t25-,26+/m0/s1. The van der Waals surface area contributed by atoms with Crippen LogP contribution in [0.2, 0.25) is 0 Å². The van der Waals surface area contributed by atoms with Gasteiger partial charge in [-0.3, -0.25) is 14.4 Å². The first-order valence-corrected chi connectivity index (χ1v) is 14.6. The lowest BCUT2D eigenvalue weighted by Gasteiger charge is -2.25. The molecule has 1 aromatic heterocycles. The number of nitrogens with two attached hydrogens (primary N) is 1. The lowest BCUT2D eigenvalue weighted by Crippen LogP contribution is -2.48. The van der Waals surface area contributed by atoms with Crippen LogP contribution < -0.4 is 21.1 Å². The predicted molar refractivity (Wildman–Crippen MR) is 159 cm³/mol. The van der Waals surface area contributed by atoms with Gasteiger partial charge in [-0.1, -0.05) is 26.0 Å². The normalized spacial score (nSPS) is 12.4. The van der Waals surface area contributed by atoms with Crippen LogP contribution in [0.15, 0.2) is 54.0 Å². The minimum Gasteiger partial charge on any atom is -0.497 e. The van der Waals surface area contributed by atoms with Crippen LogP contribution in [0.25, 0.3) is 0 Å². The second-order valence-corrected chi connectivity index (χ2v) is 10.7. The Balaban J connectivity index is 1.79. The van der Waals surface area contributed by atoms with Crippen LogP contribution in [0, 0.1) is 0 Å². The first kappa shape index (κ1) is 31.7. The lowest BCUT2D eigenvalue weighted by molar-refractivity contribution is 0.0755. The molecule has 11 heteroatoms. The zero-order valence-electron chi connectivity index (χ0n) is 23.8. The first-order chi connectivity index (χ1) is 19.7. The largest absolute Gasteiger partial charge is 0.497 e. The quantitative estimate of drug-likeness (QED) is 0.203. The van der Waals surface area contributed by atoms with Crippen LogP contribution in [-0.4, -0.2) is 71.6 Å². The molecule has 0 saturated carbocycles. The van der Waals surface area contributed by atoms with E-state index in [1.165, 1.54) is 29.5 Å². The number of thiazole rings is 1. The summed E-state index contributed by atoms with van der Waals surface area (Å²) in [6.07, 6.45) is 2.55. The zero-order valence-corrected chi connectivity index (χ0v) is 24.6. The van der Waals surface area contributed by atoms with Gasteiger partial charge < -0.3 is 31.1 Å². The molecule has 5 N–H and O–H groups in total. The maximum Gasteiger partial charge on any atom is 0.253 e. The van der Waals surface area contributed by atoms with E-state index in [0.29, 0.717) is 26.1 Å². The summed E-state index contributed by atoms with van der Waals surface area (Å²) in [4.78, 5) is 44.8. The second-order valence-electron chi connectivity index (χ2n) is 9.72. The number of nitrogens with zero attached hydrogens (tertiary/aromatic N) is 2. The molecule has 3 amide bonds. The van der Waals surface area contributed by atoms with Crippen molar-refractivity contribution in [2.45, 2.75) is 51.8 Å². The number of carbonyl (C=O) groups is 3. The van der Waals surface area contributed by atoms with Gasteiger partial charge in [-0.15, -0.1) is 11.3 Å². The summed E-state index contributed by atoms with van der Waals surface area (Å²) >= 11 is 1.42. The molecule has 3 aromatic rings. The van der Waals surface area contributed by atoms with Gasteiger partial charge in [0.25, 0.3) is 11.8 Å². The maximum atomic E-state index is 13.5. The van der Waals surface area contributed by atoms with Crippen molar-refractivity contribution < 1.29 is 24.2 Å². The molecule has 0 saturated heterocycles. The molecule has 0 bridgehead atoms. The number of ether oxygens (including phenoxy) is 1. The predicted octanol–water partition coefficient (Wildman–Crippen LogP) is 3.00. The number of nitrogens with one attached hydrogen (secondary N) is 2. The van der Waals surface area contributed by atoms with Crippen molar-refractivity contribution in [2.24, 2.45) is 5.73 Å². The summed E-state index contributed by atoms with van der Waals surface area (Å²) in [7, 11) is 1.60. The molecule has 10 nitrogen and oxygen atoms in total. The topological polar surface area (TPSA) is 147 Å². The van der Waals surface area contributed by atoms with E-state index in [1.807, 2.05) is 43.5 Å². The van der Waals surface area contributed by atoms with Crippen molar-refractivity contribution >= 4 is 29.1 Å². The van der Waals surface area contributed by atoms with Crippen molar-refractivity contribution in [2.75, 3.05) is 26.7 Å². The fourth-order valence-electron chi connectivity index (χ4n) is 4.43. The molecule has 0 aliphatic carbocycles. The van der Waals surface area contributed by atoms with Crippen LogP contribution >= 0.6 is 11.3 Å². The van der Waals surface area contributed by atoms with Gasteiger partial charge in [0.05, 0.1) is 24.3 Å². The van der Waals surface area contributed by atoms with Gasteiger partial charge in [0.1, 0.15) is 5.75 Å². The molecule has 2 aromatic carbocycles. The minimum atomic E-state index is -0.960. The first-order valence-electron chi connectivity index (χ1n) is 13.7. The molecule has 3 rings (SSSR count). The highest BCUT2D eigenvalue weighted by atomic mass is 32.1. The Labute approximate surface area is 244 Å². The van der Waals surface area contributed by atoms with E-state index in [1.54, 1.807) is 18.2 Å². The summed E-state index contributed by atoms with van der Waals surface area (Å²) in [6, 6.07) is 11.2. The summed E-state index contributed by atoms with van der Waals surface area (Å²) in [5.41, 5.74) is 6.92. The van der Waals surface area contributed by atoms with Crippen LogP contribution in [0.5, 0.6) is 5.75 Å². The Morgan fingerprint density at radius 2 is 1.78 bits per heavy atom. The highest BCUT2D eigenvalue weighted by molar-refractivity contribution is 7.09. The average Bonchev–Trinajstić information content (AvgIpc) is 3.49. The Morgan fingerprint density at radius 1 is 1.07 bits per heavy atom. The number of primary amides is 1. The third kappa shape index (κ3) is 9.38. The third-order valence-corrected chi connectivity index (χ3v) is 7.28. The molecule has 0 unspecified atom stereocenters. The van der Waals surface area contributed by atoms with Gasteiger partial charge in [0, 0.05) is 60.9 Å². The Hall–Kier alpha value is -3.80. The van der Waals surface area contributed by atoms with Gasteiger partial charge in [0.15, 0.2) is 0 Å². The summed E-state index contributed by atoms with van der Waals surface area (Å²) < 4.78 is 5.27. The number of methoxy groups -OCH3 is 1. The SMILES string of the molecule is CCCN(CCC)C(=O)c1cc(C(N)=O)cc(C(=O)N[C@@H](Cc2nccs2)[C@H](O)CNCc2cccc(OC)c2)c1. The van der Waals surface area contributed by atoms with E-state index in [4.69, 9.17) is 10.5 Å². The van der Waals surface area contributed by atoms with E-state index in [2.05, 4.69) is 15.6 Å². The van der Waals surface area contributed by atoms with Crippen molar-refractivity contribution in [1.82, 2.24) is 20.5 Å². The van der Waals surface area contributed by atoms with E-state index < -0.39 is 24.0 Å². The third-order valence-electron chi connectivity index (χ3n) is 6.48. The molecule has 41 heavy (non-hydrogen) atoms. The molecule has 0 spiro atoms. The van der Waals surface area contributed by atoms with Crippen LogP contribution in [0.1, 0.15) is 68.3 Å². The van der Waals surface area contributed by atoms with Crippen molar-refractivity contribution in [3.8, 4) is 5.75 Å². The number of aliphatic hydroxyl groups is 1. The molecular formula is C30H39N5O5S. The Bertz CT molecular complexity index is 1290. The van der Waals surface area contributed by atoms with Crippen molar-refractivity contribution in [1.29, 1.82) is 0 Å². The molecule has 0 aliphatic heterocycles. The number of aromatic nitrogens is 1. The summed E-state index contributed by atoms with van der Waals surface area (Å²) in [5.74, 6) is -0.810. The van der Waals surface area contributed by atoms with Gasteiger partial charge in [0.2, 0.25) is 5.91 Å². The smallest absolute Gasteiger partial charge is 0.253 e. The van der Waals surface area contributed by atoms with Crippen LogP contribution in [0.4, 0.5) is 0 Å².